The van der Waals surface area contributed by atoms with Gasteiger partial charge < -0.3 is 14.6 Å². The number of rotatable bonds is 6. The minimum Gasteiger partial charge on any atom is -0.507 e. The number of Topliss-reactive ketones (excluding diaryl/α,β-unsaturated/α-hetero) is 1. The predicted octanol–water partition coefficient (Wildman–Crippen LogP) is 6.73. The number of aliphatic hydroxyl groups excluding tert-OH is 1. The summed E-state index contributed by atoms with van der Waals surface area (Å²) >= 11 is 0. The molecule has 1 saturated heterocycles. The van der Waals surface area contributed by atoms with E-state index in [0.717, 1.165) is 11.1 Å². The average molecular weight is 506 g/mol. The lowest BCUT2D eigenvalue weighted by molar-refractivity contribution is -0.132. The first-order valence-corrected chi connectivity index (χ1v) is 12.2. The summed E-state index contributed by atoms with van der Waals surface area (Å²) in [7, 11) is 1.50. The lowest BCUT2D eigenvalue weighted by atomic mass is 9.93. The van der Waals surface area contributed by atoms with Gasteiger partial charge in [0.05, 0.1) is 24.3 Å². The normalized spacial score (nSPS) is 16.5. The van der Waals surface area contributed by atoms with Gasteiger partial charge in [0.25, 0.3) is 11.7 Å². The van der Waals surface area contributed by atoms with Crippen LogP contribution in [0.25, 0.3) is 5.76 Å². The molecule has 1 unspecified atom stereocenters. The van der Waals surface area contributed by atoms with E-state index in [4.69, 9.17) is 9.47 Å². The van der Waals surface area contributed by atoms with Crippen molar-refractivity contribution in [2.24, 2.45) is 0 Å². The highest BCUT2D eigenvalue weighted by Gasteiger charge is 2.47. The van der Waals surface area contributed by atoms with Crippen LogP contribution in [0.5, 0.6) is 17.2 Å². The molecule has 6 nitrogen and oxygen atoms in total. The molecule has 0 aliphatic carbocycles. The Morgan fingerprint density at radius 2 is 1.47 bits per heavy atom. The Kier molecular flexibility index (Phi) is 6.71. The standard InChI is InChI=1S/C32H27NO5/c1-20-8-7-9-22(18-20)29-28(30(34)26-19-21(2)12-17-27(26)37-3)31(35)32(36)33(29)23-13-15-25(16-14-23)38-24-10-5-4-6-11-24/h4-19,29,34H,1-3H3/b30-28+. The number of anilines is 1. The first-order chi connectivity index (χ1) is 18.4. The van der Waals surface area contributed by atoms with Gasteiger partial charge in [-0.25, -0.2) is 0 Å². The van der Waals surface area contributed by atoms with E-state index in [2.05, 4.69) is 0 Å². The van der Waals surface area contributed by atoms with Crippen molar-refractivity contribution in [3.05, 3.63) is 125 Å². The van der Waals surface area contributed by atoms with Crippen molar-refractivity contribution in [3.8, 4) is 17.2 Å². The second kappa shape index (κ2) is 10.3. The molecule has 4 aromatic carbocycles. The number of carbonyl (C=O) groups is 2. The molecule has 190 valence electrons. The maximum absolute atomic E-state index is 13.5. The third-order valence-electron chi connectivity index (χ3n) is 6.51. The second-order valence-electron chi connectivity index (χ2n) is 9.20. The Bertz CT molecular complexity index is 1540. The van der Waals surface area contributed by atoms with Gasteiger partial charge in [0, 0.05) is 5.69 Å². The molecular formula is C32H27NO5. The molecule has 1 amide bonds. The van der Waals surface area contributed by atoms with E-state index >= 15 is 0 Å². The highest BCUT2D eigenvalue weighted by molar-refractivity contribution is 6.51. The van der Waals surface area contributed by atoms with Gasteiger partial charge in [-0.2, -0.15) is 0 Å². The Morgan fingerprint density at radius 1 is 0.789 bits per heavy atom. The van der Waals surface area contributed by atoms with E-state index in [1.165, 1.54) is 12.0 Å². The van der Waals surface area contributed by atoms with Crippen molar-refractivity contribution < 1.29 is 24.2 Å². The van der Waals surface area contributed by atoms with E-state index in [1.54, 1.807) is 36.4 Å². The second-order valence-corrected chi connectivity index (χ2v) is 9.20. The third-order valence-corrected chi connectivity index (χ3v) is 6.51. The highest BCUT2D eigenvalue weighted by atomic mass is 16.5. The minimum absolute atomic E-state index is 0.00844. The first kappa shape index (κ1) is 24.8. The van der Waals surface area contributed by atoms with Crippen LogP contribution in [-0.2, 0) is 9.59 Å². The number of ether oxygens (including phenoxy) is 2. The number of aliphatic hydroxyl groups is 1. The van der Waals surface area contributed by atoms with E-state index in [-0.39, 0.29) is 11.3 Å². The largest absolute Gasteiger partial charge is 0.507 e. The summed E-state index contributed by atoms with van der Waals surface area (Å²) < 4.78 is 11.4. The number of amides is 1. The number of benzene rings is 4. The molecule has 4 aromatic rings. The summed E-state index contributed by atoms with van der Waals surface area (Å²) in [5.74, 6) is -0.0732. The molecule has 1 N–H and O–H groups in total. The van der Waals surface area contributed by atoms with Crippen LogP contribution in [0, 0.1) is 13.8 Å². The van der Waals surface area contributed by atoms with Gasteiger partial charge in [-0.05, 0) is 67.9 Å². The highest BCUT2D eigenvalue weighted by Crippen LogP contribution is 2.44. The van der Waals surface area contributed by atoms with Crippen molar-refractivity contribution in [2.45, 2.75) is 19.9 Å². The van der Waals surface area contributed by atoms with Crippen molar-refractivity contribution in [3.63, 3.8) is 0 Å². The predicted molar refractivity (Wildman–Crippen MR) is 147 cm³/mol. The number of nitrogens with zero attached hydrogens (tertiary/aromatic N) is 1. The molecule has 1 fully saturated rings. The van der Waals surface area contributed by atoms with Crippen LogP contribution in [0.3, 0.4) is 0 Å². The maximum Gasteiger partial charge on any atom is 0.300 e. The Hall–Kier alpha value is -4.84. The summed E-state index contributed by atoms with van der Waals surface area (Å²) in [4.78, 5) is 28.4. The van der Waals surface area contributed by atoms with Gasteiger partial charge in [-0.1, -0.05) is 59.7 Å². The van der Waals surface area contributed by atoms with Gasteiger partial charge in [0.15, 0.2) is 0 Å². The van der Waals surface area contributed by atoms with Crippen LogP contribution in [0.1, 0.15) is 28.3 Å². The molecule has 1 heterocycles. The Labute approximate surface area is 221 Å². The summed E-state index contributed by atoms with van der Waals surface area (Å²) in [5.41, 5.74) is 3.43. The van der Waals surface area contributed by atoms with E-state index in [1.807, 2.05) is 74.5 Å². The zero-order valence-corrected chi connectivity index (χ0v) is 21.3. The fourth-order valence-corrected chi connectivity index (χ4v) is 4.71. The molecule has 0 radical (unpaired) electrons. The minimum atomic E-state index is -0.832. The van der Waals surface area contributed by atoms with E-state index in [0.29, 0.717) is 34.1 Å². The Morgan fingerprint density at radius 3 is 2.16 bits per heavy atom. The fraction of sp³-hybridized carbons (Fsp3) is 0.125. The number of ketones is 1. The quantitative estimate of drug-likeness (QED) is 0.179. The molecule has 0 saturated carbocycles. The molecule has 1 atom stereocenters. The molecule has 0 spiro atoms. The SMILES string of the molecule is COc1ccc(C)cc1/C(O)=C1\C(=O)C(=O)N(c2ccc(Oc3ccccc3)cc2)C1c1cccc(C)c1. The van der Waals surface area contributed by atoms with Gasteiger partial charge in [0.1, 0.15) is 23.0 Å². The number of methoxy groups -OCH3 is 1. The lowest BCUT2D eigenvalue weighted by Gasteiger charge is -2.26. The average Bonchev–Trinajstić information content (AvgIpc) is 3.19. The number of para-hydroxylation sites is 1. The summed E-state index contributed by atoms with van der Waals surface area (Å²) in [5, 5.41) is 11.5. The molecule has 0 bridgehead atoms. The molecule has 6 heteroatoms. The zero-order chi connectivity index (χ0) is 26.8. The smallest absolute Gasteiger partial charge is 0.300 e. The number of hydrogen-bond acceptors (Lipinski definition) is 5. The van der Waals surface area contributed by atoms with Crippen LogP contribution >= 0.6 is 0 Å². The summed E-state index contributed by atoms with van der Waals surface area (Å²) in [6.07, 6.45) is 0. The fourth-order valence-electron chi connectivity index (χ4n) is 4.71. The van der Waals surface area contributed by atoms with E-state index < -0.39 is 17.7 Å². The molecule has 1 aliphatic heterocycles. The van der Waals surface area contributed by atoms with Crippen LogP contribution in [0.2, 0.25) is 0 Å². The molecule has 5 rings (SSSR count). The monoisotopic (exact) mass is 505 g/mol. The molecular weight excluding hydrogens is 478 g/mol. The number of hydrogen-bond donors (Lipinski definition) is 1. The van der Waals surface area contributed by atoms with Crippen LogP contribution in [0.4, 0.5) is 5.69 Å². The summed E-state index contributed by atoms with van der Waals surface area (Å²) in [6, 6.07) is 28.4. The van der Waals surface area contributed by atoms with Crippen LogP contribution < -0.4 is 14.4 Å². The third kappa shape index (κ3) is 4.64. The van der Waals surface area contributed by atoms with Gasteiger partial charge in [-0.3, -0.25) is 14.5 Å². The topological polar surface area (TPSA) is 76.1 Å². The molecule has 38 heavy (non-hydrogen) atoms. The van der Waals surface area contributed by atoms with E-state index in [9.17, 15) is 14.7 Å². The Balaban J connectivity index is 1.63. The number of aryl methyl sites for hydroxylation is 2. The summed E-state index contributed by atoms with van der Waals surface area (Å²) in [6.45, 7) is 3.82. The van der Waals surface area contributed by atoms with Gasteiger partial charge >= 0.3 is 0 Å². The maximum atomic E-state index is 13.5. The first-order valence-electron chi connectivity index (χ1n) is 12.2. The lowest BCUT2D eigenvalue weighted by Crippen LogP contribution is -2.29. The zero-order valence-electron chi connectivity index (χ0n) is 21.3. The number of carbonyl (C=O) groups excluding carboxylic acids is 2. The van der Waals surface area contributed by atoms with Crippen molar-refractivity contribution in [1.29, 1.82) is 0 Å². The van der Waals surface area contributed by atoms with Gasteiger partial charge in [0.2, 0.25) is 0 Å². The molecule has 1 aliphatic rings. The van der Waals surface area contributed by atoms with Crippen molar-refractivity contribution in [1.82, 2.24) is 0 Å². The van der Waals surface area contributed by atoms with Crippen LogP contribution in [-0.4, -0.2) is 23.9 Å². The van der Waals surface area contributed by atoms with Gasteiger partial charge in [-0.15, -0.1) is 0 Å². The van der Waals surface area contributed by atoms with Crippen molar-refractivity contribution in [2.75, 3.05) is 12.0 Å². The molecule has 0 aromatic heterocycles. The van der Waals surface area contributed by atoms with Crippen LogP contribution in [0.15, 0.2) is 103 Å². The van der Waals surface area contributed by atoms with Crippen molar-refractivity contribution >= 4 is 23.1 Å².